The van der Waals surface area contributed by atoms with Crippen LogP contribution in [0.4, 0.5) is 17.1 Å². The van der Waals surface area contributed by atoms with Crippen LogP contribution in [0.2, 0.25) is 0 Å². The Bertz CT molecular complexity index is 2780. The summed E-state index contributed by atoms with van der Waals surface area (Å²) in [6.07, 6.45) is 0. The first-order valence-electron chi connectivity index (χ1n) is 18.5. The van der Waals surface area contributed by atoms with Crippen LogP contribution in [-0.4, -0.2) is 0 Å². The van der Waals surface area contributed by atoms with Crippen LogP contribution in [0.5, 0.6) is 0 Å². The summed E-state index contributed by atoms with van der Waals surface area (Å²) in [5, 5.41) is 10.5. The molecule has 0 radical (unpaired) electrons. The van der Waals surface area contributed by atoms with Gasteiger partial charge in [0, 0.05) is 11.0 Å². The van der Waals surface area contributed by atoms with E-state index in [0.29, 0.717) is 0 Å². The molecule has 0 fully saturated rings. The predicted octanol–water partition coefficient (Wildman–Crippen LogP) is 14.5. The van der Waals surface area contributed by atoms with Crippen molar-refractivity contribution in [3.63, 3.8) is 0 Å². The molecule has 0 aromatic heterocycles. The molecule has 0 aliphatic carbocycles. The number of nitrogens with zero attached hydrogens (tertiary/aromatic N) is 1. The Morgan fingerprint density at radius 1 is 0.385 bits per heavy atom. The summed E-state index contributed by atoms with van der Waals surface area (Å²) in [5.74, 6) is 0. The Hall–Kier alpha value is -5.92. The Morgan fingerprint density at radius 2 is 0.846 bits per heavy atom. The van der Waals surface area contributed by atoms with Crippen LogP contribution >= 0.6 is 0 Å². The standard InChI is InChI=1S/C51H41N/c1-50(2,3)33-26-24-32(25-27-33)34-28-30-41-42-31-29-35(38-16-13-18-40(49(38)42)39-17-12-15-37(34)48(39)41)36-14-6-9-21-45(36)52-46-22-10-7-19-43(46)51(4,5)44-20-8-11-23-47(44)52/h6-31H,1-5H3. The number of anilines is 3. The van der Waals surface area contributed by atoms with E-state index in [-0.39, 0.29) is 10.8 Å². The van der Waals surface area contributed by atoms with Crippen molar-refractivity contribution in [2.45, 2.75) is 45.4 Å². The highest BCUT2D eigenvalue weighted by Crippen LogP contribution is 2.54. The number of hydrogen-bond donors (Lipinski definition) is 0. The van der Waals surface area contributed by atoms with Crippen molar-refractivity contribution >= 4 is 60.2 Å². The average Bonchev–Trinajstić information content (AvgIpc) is 3.17. The van der Waals surface area contributed by atoms with Gasteiger partial charge in [-0.05, 0) is 100 Å². The number of hydrogen-bond acceptors (Lipinski definition) is 1. The fourth-order valence-corrected chi connectivity index (χ4v) is 9.17. The Balaban J connectivity index is 1.21. The van der Waals surface area contributed by atoms with Gasteiger partial charge in [0.2, 0.25) is 0 Å². The molecule has 0 amide bonds. The van der Waals surface area contributed by atoms with Crippen LogP contribution in [0.25, 0.3) is 65.3 Å². The third-order valence-corrected chi connectivity index (χ3v) is 11.8. The van der Waals surface area contributed by atoms with Gasteiger partial charge in [-0.15, -0.1) is 0 Å². The molecule has 0 atom stereocenters. The Labute approximate surface area is 306 Å². The van der Waals surface area contributed by atoms with Crippen molar-refractivity contribution in [1.82, 2.24) is 0 Å². The maximum atomic E-state index is 2.49. The topological polar surface area (TPSA) is 3.24 Å². The quantitative estimate of drug-likeness (QED) is 0.134. The third kappa shape index (κ3) is 4.35. The van der Waals surface area contributed by atoms with Gasteiger partial charge in [-0.1, -0.05) is 174 Å². The van der Waals surface area contributed by atoms with E-state index < -0.39 is 0 Å². The first-order chi connectivity index (χ1) is 25.2. The van der Waals surface area contributed by atoms with Gasteiger partial charge in [0.05, 0.1) is 17.1 Å². The van der Waals surface area contributed by atoms with Crippen LogP contribution in [0, 0.1) is 0 Å². The van der Waals surface area contributed by atoms with Crippen LogP contribution in [0.3, 0.4) is 0 Å². The molecule has 9 aromatic rings. The summed E-state index contributed by atoms with van der Waals surface area (Å²) >= 11 is 0. The second-order valence-electron chi connectivity index (χ2n) is 16.1. The zero-order valence-electron chi connectivity index (χ0n) is 30.5. The van der Waals surface area contributed by atoms with Crippen LogP contribution in [0.15, 0.2) is 158 Å². The molecule has 1 heterocycles. The van der Waals surface area contributed by atoms with E-state index in [1.54, 1.807) is 0 Å². The van der Waals surface area contributed by atoms with E-state index in [1.807, 2.05) is 0 Å². The third-order valence-electron chi connectivity index (χ3n) is 11.8. The molecule has 250 valence electrons. The molecule has 0 spiro atoms. The number of rotatable bonds is 3. The summed E-state index contributed by atoms with van der Waals surface area (Å²) < 4.78 is 0. The molecule has 0 saturated heterocycles. The van der Waals surface area contributed by atoms with Gasteiger partial charge in [0.1, 0.15) is 0 Å². The summed E-state index contributed by atoms with van der Waals surface area (Å²) in [6, 6.07) is 59.2. The van der Waals surface area contributed by atoms with Crippen LogP contribution in [-0.2, 0) is 10.8 Å². The Kier molecular flexibility index (Phi) is 6.55. The Morgan fingerprint density at radius 3 is 1.42 bits per heavy atom. The second kappa shape index (κ2) is 11.0. The summed E-state index contributed by atoms with van der Waals surface area (Å²) in [6.45, 7) is 11.5. The van der Waals surface area contributed by atoms with E-state index in [0.717, 1.165) is 0 Å². The molecule has 10 rings (SSSR count). The SMILES string of the molecule is CC(C)(C)c1ccc(-c2ccc3c4ccc(-c5ccccc5N5c6ccccc6C(C)(C)c6ccccc65)c5cccc(c6cccc2c63)c54)cc1. The van der Waals surface area contributed by atoms with Gasteiger partial charge < -0.3 is 4.90 Å². The molecular weight excluding hydrogens is 627 g/mol. The molecule has 0 saturated carbocycles. The highest BCUT2D eigenvalue weighted by atomic mass is 15.2. The van der Waals surface area contributed by atoms with Crippen molar-refractivity contribution < 1.29 is 0 Å². The lowest BCUT2D eigenvalue weighted by molar-refractivity contribution is 0.590. The maximum Gasteiger partial charge on any atom is 0.0540 e. The van der Waals surface area contributed by atoms with Crippen LogP contribution in [0.1, 0.15) is 51.3 Å². The van der Waals surface area contributed by atoms with Gasteiger partial charge in [-0.25, -0.2) is 0 Å². The molecule has 1 aliphatic heterocycles. The minimum absolute atomic E-state index is 0.108. The molecule has 0 N–H and O–H groups in total. The lowest BCUT2D eigenvalue weighted by Crippen LogP contribution is -2.30. The molecule has 52 heavy (non-hydrogen) atoms. The normalized spacial score (nSPS) is 14.0. The molecular formula is C51H41N. The molecule has 9 aromatic carbocycles. The van der Waals surface area contributed by atoms with E-state index >= 15 is 0 Å². The molecule has 0 bridgehead atoms. The zero-order valence-corrected chi connectivity index (χ0v) is 30.5. The van der Waals surface area contributed by atoms with E-state index in [9.17, 15) is 0 Å². The zero-order chi connectivity index (χ0) is 35.4. The van der Waals surface area contributed by atoms with Crippen molar-refractivity contribution in [3.8, 4) is 22.3 Å². The molecule has 0 unspecified atom stereocenters. The van der Waals surface area contributed by atoms with Crippen LogP contribution < -0.4 is 4.90 Å². The molecule has 1 aliphatic rings. The van der Waals surface area contributed by atoms with Crippen molar-refractivity contribution in [2.24, 2.45) is 0 Å². The van der Waals surface area contributed by atoms with Gasteiger partial charge in [0.25, 0.3) is 0 Å². The van der Waals surface area contributed by atoms with Gasteiger partial charge in [0.15, 0.2) is 0 Å². The van der Waals surface area contributed by atoms with Crippen molar-refractivity contribution in [3.05, 3.63) is 174 Å². The fraction of sp³-hybridized carbons (Fsp3) is 0.137. The van der Waals surface area contributed by atoms with Crippen molar-refractivity contribution in [1.29, 1.82) is 0 Å². The minimum atomic E-state index is -0.108. The lowest BCUT2D eigenvalue weighted by atomic mass is 9.73. The monoisotopic (exact) mass is 667 g/mol. The van der Waals surface area contributed by atoms with Gasteiger partial charge in [-0.3, -0.25) is 0 Å². The van der Waals surface area contributed by atoms with Gasteiger partial charge in [-0.2, -0.15) is 0 Å². The number of fused-ring (bicyclic) bond motifs is 4. The maximum absolute atomic E-state index is 2.49. The first-order valence-corrected chi connectivity index (χ1v) is 18.5. The summed E-state index contributed by atoms with van der Waals surface area (Å²) in [5.41, 5.74) is 12.8. The predicted molar refractivity (Wildman–Crippen MR) is 224 cm³/mol. The average molecular weight is 668 g/mol. The molecule has 1 heteroatoms. The summed E-state index contributed by atoms with van der Waals surface area (Å²) in [7, 11) is 0. The van der Waals surface area contributed by atoms with E-state index in [4.69, 9.17) is 0 Å². The van der Waals surface area contributed by atoms with E-state index in [2.05, 4.69) is 197 Å². The van der Waals surface area contributed by atoms with E-state index in [1.165, 1.54) is 99.1 Å². The number of para-hydroxylation sites is 3. The minimum Gasteiger partial charge on any atom is -0.309 e. The fourth-order valence-electron chi connectivity index (χ4n) is 9.17. The second-order valence-corrected chi connectivity index (χ2v) is 16.1. The van der Waals surface area contributed by atoms with Crippen molar-refractivity contribution in [2.75, 3.05) is 4.90 Å². The largest absolute Gasteiger partial charge is 0.309 e. The highest BCUT2D eigenvalue weighted by molar-refractivity contribution is 6.35. The lowest BCUT2D eigenvalue weighted by Gasteiger charge is -2.42. The smallest absolute Gasteiger partial charge is 0.0540 e. The summed E-state index contributed by atoms with van der Waals surface area (Å²) in [4.78, 5) is 2.49. The first kappa shape index (κ1) is 30.9. The number of benzene rings is 9. The molecule has 1 nitrogen and oxygen atoms in total. The van der Waals surface area contributed by atoms with Gasteiger partial charge >= 0.3 is 0 Å². The highest BCUT2D eigenvalue weighted by Gasteiger charge is 2.37.